The second kappa shape index (κ2) is 10.3. The SMILES string of the molecule is CNC(C)(C)C(=O)Nc1ccc2c(c1)CCC21OC(=O)N(CC(=O)N(Cc2ccc(F)cc2)[C@@H](C)C2CC2)C1=O. The molecule has 1 saturated carbocycles. The largest absolute Gasteiger partial charge is 0.427 e. The van der Waals surface area contributed by atoms with Crippen molar-refractivity contribution in [2.24, 2.45) is 5.92 Å². The zero-order valence-corrected chi connectivity index (χ0v) is 23.3. The lowest BCUT2D eigenvalue weighted by molar-refractivity contribution is -0.143. The molecule has 40 heavy (non-hydrogen) atoms. The van der Waals surface area contributed by atoms with Gasteiger partial charge in [0.05, 0.1) is 5.54 Å². The standard InChI is InChI=1S/C30H35FN4O5/c1-18(20-7-8-20)34(16-19-5-9-22(31)10-6-19)25(36)17-35-27(38)30(40-28(35)39)14-13-21-15-23(11-12-24(21)30)33-26(37)29(2,3)32-4/h5-6,9-12,15,18,20,32H,7-8,13-14,16-17H2,1-4H3,(H,33,37)/t18-,30?/m0/s1. The van der Waals surface area contributed by atoms with Crippen LogP contribution < -0.4 is 10.6 Å². The molecule has 212 valence electrons. The normalized spacial score (nSPS) is 20.9. The molecule has 9 nitrogen and oxygen atoms in total. The average Bonchev–Trinajstić information content (AvgIpc) is 3.68. The number of anilines is 1. The molecule has 1 spiro atoms. The van der Waals surface area contributed by atoms with Crippen LogP contribution in [0.2, 0.25) is 0 Å². The number of halogens is 1. The molecule has 0 bridgehead atoms. The van der Waals surface area contributed by atoms with Gasteiger partial charge in [-0.05, 0) is 88.4 Å². The van der Waals surface area contributed by atoms with Gasteiger partial charge in [0.1, 0.15) is 12.4 Å². The smallest absolute Gasteiger partial charge is 0.418 e. The van der Waals surface area contributed by atoms with Crippen LogP contribution in [0.1, 0.15) is 56.7 Å². The topological polar surface area (TPSA) is 108 Å². The van der Waals surface area contributed by atoms with Crippen molar-refractivity contribution in [1.82, 2.24) is 15.1 Å². The second-order valence-electron chi connectivity index (χ2n) is 11.5. The van der Waals surface area contributed by atoms with E-state index in [9.17, 15) is 23.6 Å². The molecule has 2 atom stereocenters. The quantitative estimate of drug-likeness (QED) is 0.493. The first kappa shape index (κ1) is 27.8. The lowest BCUT2D eigenvalue weighted by Crippen LogP contribution is -2.48. The first-order chi connectivity index (χ1) is 18.9. The van der Waals surface area contributed by atoms with Gasteiger partial charge in [0.25, 0.3) is 5.91 Å². The highest BCUT2D eigenvalue weighted by Crippen LogP contribution is 2.46. The Kier molecular flexibility index (Phi) is 7.16. The summed E-state index contributed by atoms with van der Waals surface area (Å²) < 4.78 is 19.1. The van der Waals surface area contributed by atoms with Crippen molar-refractivity contribution in [1.29, 1.82) is 0 Å². The van der Waals surface area contributed by atoms with E-state index in [-0.39, 0.29) is 36.6 Å². The summed E-state index contributed by atoms with van der Waals surface area (Å²) in [6, 6.07) is 11.1. The summed E-state index contributed by atoms with van der Waals surface area (Å²) >= 11 is 0. The lowest BCUT2D eigenvalue weighted by Gasteiger charge is -2.30. The molecule has 1 unspecified atom stereocenters. The molecule has 0 radical (unpaired) electrons. The molecule has 2 aromatic carbocycles. The molecule has 1 saturated heterocycles. The number of benzene rings is 2. The molecule has 5 rings (SSSR count). The van der Waals surface area contributed by atoms with E-state index in [1.54, 1.807) is 56.1 Å². The molecule has 2 aromatic rings. The molecule has 1 heterocycles. The maximum absolute atomic E-state index is 13.7. The number of aryl methyl sites for hydroxylation is 1. The Balaban J connectivity index is 1.33. The van der Waals surface area contributed by atoms with Gasteiger partial charge in [-0.3, -0.25) is 14.4 Å². The van der Waals surface area contributed by atoms with Crippen LogP contribution >= 0.6 is 0 Å². The summed E-state index contributed by atoms with van der Waals surface area (Å²) in [6.07, 6.45) is 1.90. The van der Waals surface area contributed by atoms with Crippen LogP contribution in [0.15, 0.2) is 42.5 Å². The van der Waals surface area contributed by atoms with E-state index in [0.717, 1.165) is 28.9 Å². The van der Waals surface area contributed by atoms with Crippen molar-refractivity contribution in [3.8, 4) is 0 Å². The predicted molar refractivity (Wildman–Crippen MR) is 146 cm³/mol. The molecule has 3 aliphatic rings. The fourth-order valence-corrected chi connectivity index (χ4v) is 5.44. The third-order valence-electron chi connectivity index (χ3n) is 8.49. The maximum Gasteiger partial charge on any atom is 0.418 e. The lowest BCUT2D eigenvalue weighted by atomic mass is 9.94. The number of carbonyl (C=O) groups is 4. The van der Waals surface area contributed by atoms with Gasteiger partial charge in [0.2, 0.25) is 17.4 Å². The Morgan fingerprint density at radius 1 is 1.18 bits per heavy atom. The number of carbonyl (C=O) groups excluding carboxylic acids is 4. The highest BCUT2D eigenvalue weighted by Gasteiger charge is 2.58. The molecular formula is C30H35FN4O5. The minimum Gasteiger partial charge on any atom is -0.427 e. The molecule has 10 heteroatoms. The van der Waals surface area contributed by atoms with Gasteiger partial charge in [-0.1, -0.05) is 18.2 Å². The number of ether oxygens (including phenoxy) is 1. The van der Waals surface area contributed by atoms with Gasteiger partial charge in [0, 0.05) is 30.3 Å². The van der Waals surface area contributed by atoms with Gasteiger partial charge in [-0.15, -0.1) is 0 Å². The summed E-state index contributed by atoms with van der Waals surface area (Å²) in [4.78, 5) is 55.4. The molecule has 0 aromatic heterocycles. The second-order valence-corrected chi connectivity index (χ2v) is 11.5. The molecular weight excluding hydrogens is 515 g/mol. The Hall–Kier alpha value is -3.79. The van der Waals surface area contributed by atoms with Crippen LogP contribution in [0.3, 0.4) is 0 Å². The summed E-state index contributed by atoms with van der Waals surface area (Å²) in [5, 5.41) is 5.84. The molecule has 1 aliphatic heterocycles. The van der Waals surface area contributed by atoms with Crippen molar-refractivity contribution in [3.63, 3.8) is 0 Å². The highest BCUT2D eigenvalue weighted by atomic mass is 19.1. The molecule has 2 aliphatic carbocycles. The van der Waals surface area contributed by atoms with Gasteiger partial charge in [-0.25, -0.2) is 14.1 Å². The molecule has 2 fully saturated rings. The maximum atomic E-state index is 13.7. The van der Waals surface area contributed by atoms with Crippen molar-refractivity contribution in [2.45, 2.75) is 70.2 Å². The first-order valence-electron chi connectivity index (χ1n) is 13.7. The fourth-order valence-electron chi connectivity index (χ4n) is 5.44. The number of fused-ring (bicyclic) bond motifs is 2. The van der Waals surface area contributed by atoms with Gasteiger partial charge in [0.15, 0.2) is 0 Å². The van der Waals surface area contributed by atoms with E-state index < -0.39 is 29.7 Å². The monoisotopic (exact) mass is 550 g/mol. The van der Waals surface area contributed by atoms with Crippen LogP contribution in [-0.2, 0) is 37.7 Å². The average molecular weight is 551 g/mol. The van der Waals surface area contributed by atoms with Gasteiger partial charge >= 0.3 is 6.09 Å². The van der Waals surface area contributed by atoms with E-state index in [0.29, 0.717) is 23.6 Å². The van der Waals surface area contributed by atoms with Crippen molar-refractivity contribution in [2.75, 3.05) is 18.9 Å². The Morgan fingerprint density at radius 2 is 1.88 bits per heavy atom. The third kappa shape index (κ3) is 5.08. The van der Waals surface area contributed by atoms with E-state index in [4.69, 9.17) is 4.74 Å². The molecule has 4 amide bonds. The fraction of sp³-hybridized carbons (Fsp3) is 0.467. The van der Waals surface area contributed by atoms with Crippen LogP contribution in [-0.4, -0.2) is 58.8 Å². The number of hydrogen-bond donors (Lipinski definition) is 2. The Bertz CT molecular complexity index is 1360. The number of amides is 4. The van der Waals surface area contributed by atoms with Gasteiger partial charge in [-0.2, -0.15) is 0 Å². The zero-order valence-electron chi connectivity index (χ0n) is 23.3. The minimum absolute atomic E-state index is 0.0889. The van der Waals surface area contributed by atoms with Crippen LogP contribution in [0, 0.1) is 11.7 Å². The summed E-state index contributed by atoms with van der Waals surface area (Å²) in [5.74, 6) is -1.14. The summed E-state index contributed by atoms with van der Waals surface area (Å²) in [6.45, 7) is 5.32. The van der Waals surface area contributed by atoms with E-state index in [2.05, 4.69) is 10.6 Å². The number of nitrogens with zero attached hydrogens (tertiary/aromatic N) is 2. The van der Waals surface area contributed by atoms with Crippen LogP contribution in [0.25, 0.3) is 0 Å². The number of hydrogen-bond acceptors (Lipinski definition) is 6. The van der Waals surface area contributed by atoms with Crippen molar-refractivity contribution < 1.29 is 28.3 Å². The van der Waals surface area contributed by atoms with Crippen LogP contribution in [0.4, 0.5) is 14.9 Å². The number of imide groups is 1. The van der Waals surface area contributed by atoms with E-state index in [1.807, 2.05) is 6.92 Å². The first-order valence-corrected chi connectivity index (χ1v) is 13.7. The summed E-state index contributed by atoms with van der Waals surface area (Å²) in [5.41, 5.74) is 0.462. The number of rotatable bonds is 9. The van der Waals surface area contributed by atoms with Gasteiger partial charge < -0.3 is 20.3 Å². The minimum atomic E-state index is -1.48. The van der Waals surface area contributed by atoms with E-state index >= 15 is 0 Å². The van der Waals surface area contributed by atoms with E-state index in [1.165, 1.54) is 12.1 Å². The van der Waals surface area contributed by atoms with Crippen LogP contribution in [0.5, 0.6) is 0 Å². The Morgan fingerprint density at radius 3 is 2.52 bits per heavy atom. The zero-order chi connectivity index (χ0) is 28.8. The summed E-state index contributed by atoms with van der Waals surface area (Å²) in [7, 11) is 1.71. The number of nitrogens with one attached hydrogen (secondary N) is 2. The predicted octanol–water partition coefficient (Wildman–Crippen LogP) is 3.71. The number of likely N-dealkylation sites (N-methyl/N-ethyl adjacent to an activating group) is 1. The Labute approximate surface area is 233 Å². The van der Waals surface area contributed by atoms with Crippen molar-refractivity contribution in [3.05, 3.63) is 65.0 Å². The third-order valence-corrected chi connectivity index (χ3v) is 8.49. The highest BCUT2D eigenvalue weighted by molar-refractivity contribution is 6.06. The van der Waals surface area contributed by atoms with Crippen molar-refractivity contribution >= 4 is 29.5 Å². The molecule has 2 N–H and O–H groups in total.